The molecule has 2 amide bonds. The minimum atomic E-state index is -0.239. The average molecular weight is 405 g/mol. The van der Waals surface area contributed by atoms with Gasteiger partial charge in [-0.05, 0) is 65.2 Å². The number of hydrogen-bond donors (Lipinski definition) is 1. The number of methoxy groups -OCH3 is 1. The number of likely N-dealkylation sites (N-methyl/N-ethyl adjacent to an activating group) is 1. The van der Waals surface area contributed by atoms with Crippen molar-refractivity contribution in [2.75, 3.05) is 26.0 Å². The van der Waals surface area contributed by atoms with E-state index in [-0.39, 0.29) is 18.4 Å². The molecular formula is C19H21BrN2O3. The fourth-order valence-corrected chi connectivity index (χ4v) is 2.92. The highest BCUT2D eigenvalue weighted by atomic mass is 79.9. The molecule has 0 atom stereocenters. The minimum Gasteiger partial charge on any atom is -0.496 e. The summed E-state index contributed by atoms with van der Waals surface area (Å²) in [6.07, 6.45) is 0. The maximum Gasteiger partial charge on any atom is 0.254 e. The second-order valence-corrected chi connectivity index (χ2v) is 6.66. The Hall–Kier alpha value is -2.34. The van der Waals surface area contributed by atoms with Gasteiger partial charge in [0.05, 0.1) is 18.1 Å². The zero-order chi connectivity index (χ0) is 18.6. The predicted molar refractivity (Wildman–Crippen MR) is 102 cm³/mol. The summed E-state index contributed by atoms with van der Waals surface area (Å²) in [4.78, 5) is 26.1. The number of ether oxygens (including phenoxy) is 1. The van der Waals surface area contributed by atoms with E-state index in [1.807, 2.05) is 32.0 Å². The third kappa shape index (κ3) is 4.60. The summed E-state index contributed by atoms with van der Waals surface area (Å²) in [6, 6.07) is 10.8. The predicted octanol–water partition coefficient (Wildman–Crippen LogP) is 3.79. The Kier molecular flexibility index (Phi) is 6.20. The Labute approximate surface area is 156 Å². The van der Waals surface area contributed by atoms with Crippen LogP contribution in [-0.2, 0) is 4.79 Å². The molecule has 2 aromatic rings. The summed E-state index contributed by atoms with van der Waals surface area (Å²) in [6.45, 7) is 3.91. The van der Waals surface area contributed by atoms with E-state index in [1.54, 1.807) is 32.4 Å². The molecular weight excluding hydrogens is 384 g/mol. The minimum absolute atomic E-state index is 0.0319. The number of carbonyl (C=O) groups excluding carboxylic acids is 2. The summed E-state index contributed by atoms with van der Waals surface area (Å²) < 4.78 is 5.85. The molecule has 2 aromatic carbocycles. The molecule has 0 aliphatic rings. The van der Waals surface area contributed by atoms with Crippen molar-refractivity contribution >= 4 is 33.4 Å². The van der Waals surface area contributed by atoms with Crippen LogP contribution < -0.4 is 10.1 Å². The standard InChI is InChI=1S/C19H21BrN2O3/c1-12-6-5-7-16(13(12)2)21-18(23)11-22(3)19(24)14-8-9-17(25-4)15(20)10-14/h5-10H,11H2,1-4H3,(H,21,23). The molecule has 132 valence electrons. The molecule has 0 fully saturated rings. The second kappa shape index (κ2) is 8.16. The normalized spacial score (nSPS) is 10.3. The summed E-state index contributed by atoms with van der Waals surface area (Å²) in [7, 11) is 3.16. The molecule has 0 unspecified atom stereocenters. The number of rotatable bonds is 5. The third-order valence-electron chi connectivity index (χ3n) is 4.00. The van der Waals surface area contributed by atoms with Crippen LogP contribution in [0.3, 0.4) is 0 Å². The Bertz CT molecular complexity index is 805. The first kappa shape index (κ1) is 19.0. The van der Waals surface area contributed by atoms with Crippen molar-refractivity contribution in [3.05, 3.63) is 57.6 Å². The van der Waals surface area contributed by atoms with Gasteiger partial charge in [-0.1, -0.05) is 12.1 Å². The number of amides is 2. The van der Waals surface area contributed by atoms with Crippen LogP contribution in [0.15, 0.2) is 40.9 Å². The molecule has 0 radical (unpaired) electrons. The van der Waals surface area contributed by atoms with Crippen molar-refractivity contribution < 1.29 is 14.3 Å². The van der Waals surface area contributed by atoms with Crippen LogP contribution in [0, 0.1) is 13.8 Å². The summed E-state index contributed by atoms with van der Waals surface area (Å²) >= 11 is 3.36. The molecule has 1 N–H and O–H groups in total. The molecule has 0 spiro atoms. The average Bonchev–Trinajstić information content (AvgIpc) is 2.58. The van der Waals surface area contributed by atoms with Gasteiger partial charge in [-0.25, -0.2) is 0 Å². The van der Waals surface area contributed by atoms with E-state index in [0.29, 0.717) is 15.8 Å². The molecule has 0 aliphatic carbocycles. The number of aryl methyl sites for hydroxylation is 1. The van der Waals surface area contributed by atoms with Crippen LogP contribution in [0.1, 0.15) is 21.5 Å². The molecule has 25 heavy (non-hydrogen) atoms. The molecule has 0 aliphatic heterocycles. The lowest BCUT2D eigenvalue weighted by atomic mass is 10.1. The molecule has 5 nitrogen and oxygen atoms in total. The van der Waals surface area contributed by atoms with Gasteiger partial charge in [0, 0.05) is 18.3 Å². The van der Waals surface area contributed by atoms with Crippen molar-refractivity contribution in [2.45, 2.75) is 13.8 Å². The van der Waals surface area contributed by atoms with E-state index in [0.717, 1.165) is 16.8 Å². The van der Waals surface area contributed by atoms with Crippen molar-refractivity contribution in [2.24, 2.45) is 0 Å². The topological polar surface area (TPSA) is 58.6 Å². The van der Waals surface area contributed by atoms with E-state index in [9.17, 15) is 9.59 Å². The molecule has 0 bridgehead atoms. The fourth-order valence-electron chi connectivity index (χ4n) is 2.38. The van der Waals surface area contributed by atoms with Gasteiger partial charge in [-0.15, -0.1) is 0 Å². The van der Waals surface area contributed by atoms with Gasteiger partial charge in [0.15, 0.2) is 0 Å². The van der Waals surface area contributed by atoms with E-state index < -0.39 is 0 Å². The number of benzene rings is 2. The van der Waals surface area contributed by atoms with Crippen LogP contribution >= 0.6 is 15.9 Å². The van der Waals surface area contributed by atoms with Crippen LogP contribution in [0.2, 0.25) is 0 Å². The molecule has 0 saturated heterocycles. The Morgan fingerprint density at radius 2 is 1.92 bits per heavy atom. The monoisotopic (exact) mass is 404 g/mol. The fraction of sp³-hybridized carbons (Fsp3) is 0.263. The summed E-state index contributed by atoms with van der Waals surface area (Å²) in [5.74, 6) is 0.170. The number of hydrogen-bond acceptors (Lipinski definition) is 3. The number of anilines is 1. The SMILES string of the molecule is COc1ccc(C(=O)N(C)CC(=O)Nc2cccc(C)c2C)cc1Br. The largest absolute Gasteiger partial charge is 0.496 e. The highest BCUT2D eigenvalue weighted by molar-refractivity contribution is 9.10. The summed E-state index contributed by atoms with van der Waals surface area (Å²) in [5.41, 5.74) is 3.36. The lowest BCUT2D eigenvalue weighted by Crippen LogP contribution is -2.35. The van der Waals surface area contributed by atoms with Crippen LogP contribution in [-0.4, -0.2) is 37.4 Å². The van der Waals surface area contributed by atoms with Crippen LogP contribution in [0.5, 0.6) is 5.75 Å². The maximum atomic E-state index is 12.5. The lowest BCUT2D eigenvalue weighted by molar-refractivity contribution is -0.116. The van der Waals surface area contributed by atoms with Crippen molar-refractivity contribution in [1.29, 1.82) is 0 Å². The van der Waals surface area contributed by atoms with Crippen molar-refractivity contribution in [3.63, 3.8) is 0 Å². The smallest absolute Gasteiger partial charge is 0.254 e. The van der Waals surface area contributed by atoms with Gasteiger partial charge in [-0.3, -0.25) is 9.59 Å². The van der Waals surface area contributed by atoms with Crippen molar-refractivity contribution in [3.8, 4) is 5.75 Å². The van der Waals surface area contributed by atoms with E-state index in [1.165, 1.54) is 4.90 Å². The van der Waals surface area contributed by atoms with Crippen molar-refractivity contribution in [1.82, 2.24) is 4.90 Å². The maximum absolute atomic E-state index is 12.5. The van der Waals surface area contributed by atoms with Gasteiger partial charge in [0.25, 0.3) is 5.91 Å². The zero-order valence-corrected chi connectivity index (χ0v) is 16.3. The quantitative estimate of drug-likeness (QED) is 0.824. The number of carbonyl (C=O) groups is 2. The van der Waals surface area contributed by atoms with Gasteiger partial charge < -0.3 is 15.0 Å². The first-order valence-electron chi connectivity index (χ1n) is 7.78. The number of halogens is 1. The van der Waals surface area contributed by atoms with Gasteiger partial charge in [0.2, 0.25) is 5.91 Å². The molecule has 6 heteroatoms. The highest BCUT2D eigenvalue weighted by Crippen LogP contribution is 2.26. The van der Waals surface area contributed by atoms with Gasteiger partial charge >= 0.3 is 0 Å². The van der Waals surface area contributed by atoms with Crippen LogP contribution in [0.25, 0.3) is 0 Å². The van der Waals surface area contributed by atoms with Gasteiger partial charge in [0.1, 0.15) is 5.75 Å². The number of nitrogens with one attached hydrogen (secondary N) is 1. The Balaban J connectivity index is 2.04. The van der Waals surface area contributed by atoms with E-state index >= 15 is 0 Å². The highest BCUT2D eigenvalue weighted by Gasteiger charge is 2.17. The zero-order valence-electron chi connectivity index (χ0n) is 14.7. The molecule has 0 aromatic heterocycles. The number of nitrogens with zero attached hydrogens (tertiary/aromatic N) is 1. The third-order valence-corrected chi connectivity index (χ3v) is 4.62. The van der Waals surface area contributed by atoms with Crippen LogP contribution in [0.4, 0.5) is 5.69 Å². The second-order valence-electron chi connectivity index (χ2n) is 5.81. The molecule has 0 heterocycles. The van der Waals surface area contributed by atoms with Gasteiger partial charge in [-0.2, -0.15) is 0 Å². The first-order chi connectivity index (χ1) is 11.8. The van der Waals surface area contributed by atoms with E-state index in [2.05, 4.69) is 21.2 Å². The Morgan fingerprint density at radius 3 is 2.56 bits per heavy atom. The lowest BCUT2D eigenvalue weighted by Gasteiger charge is -2.18. The Morgan fingerprint density at radius 1 is 1.20 bits per heavy atom. The summed E-state index contributed by atoms with van der Waals surface area (Å²) in [5, 5.41) is 2.86. The van der Waals surface area contributed by atoms with E-state index in [4.69, 9.17) is 4.74 Å². The molecule has 0 saturated carbocycles. The first-order valence-corrected chi connectivity index (χ1v) is 8.58. The molecule has 2 rings (SSSR count).